The summed E-state index contributed by atoms with van der Waals surface area (Å²) in [6.45, 7) is 1.64. The lowest BCUT2D eigenvalue weighted by atomic mass is 9.96. The average Bonchev–Trinajstić information content (AvgIpc) is 2.76. The molecule has 2 rings (SSSR count). The van der Waals surface area contributed by atoms with Gasteiger partial charge in [0.15, 0.2) is 0 Å². The van der Waals surface area contributed by atoms with Crippen LogP contribution >= 0.6 is 11.6 Å². The van der Waals surface area contributed by atoms with Gasteiger partial charge in [0.25, 0.3) is 0 Å². The predicted molar refractivity (Wildman–Crippen MR) is 66.3 cm³/mol. The maximum atomic E-state index is 13.6. The molecular formula is C14H17ClF2. The van der Waals surface area contributed by atoms with Crippen LogP contribution in [0, 0.1) is 24.5 Å². The number of benzene rings is 1. The standard InChI is InChI=1S/C14H17ClF2/c1-9-6-11(14(17)8-13(9)16)12(15)7-10-4-2-3-5-10/h6,8,10,12H,2-5,7H2,1H3. The van der Waals surface area contributed by atoms with Crippen LogP contribution in [-0.4, -0.2) is 0 Å². The molecule has 0 radical (unpaired) electrons. The number of aryl methyl sites for hydroxylation is 1. The van der Waals surface area contributed by atoms with E-state index in [1.807, 2.05) is 0 Å². The van der Waals surface area contributed by atoms with Crippen molar-refractivity contribution >= 4 is 11.6 Å². The van der Waals surface area contributed by atoms with Crippen LogP contribution < -0.4 is 0 Å². The van der Waals surface area contributed by atoms with Gasteiger partial charge in [-0.15, -0.1) is 11.6 Å². The quantitative estimate of drug-likeness (QED) is 0.659. The summed E-state index contributed by atoms with van der Waals surface area (Å²) in [5.41, 5.74) is 0.899. The van der Waals surface area contributed by atoms with Crippen LogP contribution in [-0.2, 0) is 0 Å². The summed E-state index contributed by atoms with van der Waals surface area (Å²) < 4.78 is 26.8. The smallest absolute Gasteiger partial charge is 0.130 e. The van der Waals surface area contributed by atoms with Crippen molar-refractivity contribution in [3.05, 3.63) is 34.9 Å². The molecule has 1 aromatic rings. The zero-order chi connectivity index (χ0) is 12.4. The summed E-state index contributed by atoms with van der Waals surface area (Å²) in [6.07, 6.45) is 5.66. The largest absolute Gasteiger partial charge is 0.207 e. The highest BCUT2D eigenvalue weighted by molar-refractivity contribution is 6.20. The number of hydrogen-bond donors (Lipinski definition) is 0. The number of halogens is 3. The van der Waals surface area contributed by atoms with Gasteiger partial charge in [0.1, 0.15) is 11.6 Å². The third kappa shape index (κ3) is 2.98. The lowest BCUT2D eigenvalue weighted by Gasteiger charge is -2.16. The number of rotatable bonds is 3. The van der Waals surface area contributed by atoms with Crippen LogP contribution in [0.5, 0.6) is 0 Å². The second-order valence-corrected chi connectivity index (χ2v) is 5.50. The molecule has 0 heterocycles. The molecule has 1 aromatic carbocycles. The van der Waals surface area contributed by atoms with E-state index < -0.39 is 11.6 Å². The van der Waals surface area contributed by atoms with E-state index in [0.717, 1.165) is 12.5 Å². The van der Waals surface area contributed by atoms with E-state index >= 15 is 0 Å². The molecule has 1 fully saturated rings. The predicted octanol–water partition coefficient (Wildman–Crippen LogP) is 5.13. The van der Waals surface area contributed by atoms with E-state index in [9.17, 15) is 8.78 Å². The topological polar surface area (TPSA) is 0 Å². The van der Waals surface area contributed by atoms with Crippen LogP contribution in [0.3, 0.4) is 0 Å². The summed E-state index contributed by atoms with van der Waals surface area (Å²) >= 11 is 6.25. The summed E-state index contributed by atoms with van der Waals surface area (Å²) in [4.78, 5) is 0. The summed E-state index contributed by atoms with van der Waals surface area (Å²) in [6, 6.07) is 2.48. The molecule has 0 aromatic heterocycles. The first-order valence-electron chi connectivity index (χ1n) is 6.17. The lowest BCUT2D eigenvalue weighted by molar-refractivity contribution is 0.483. The Morgan fingerprint density at radius 2 is 1.88 bits per heavy atom. The van der Waals surface area contributed by atoms with Gasteiger partial charge < -0.3 is 0 Å². The van der Waals surface area contributed by atoms with Gasteiger partial charge in [0, 0.05) is 11.6 Å². The van der Waals surface area contributed by atoms with E-state index in [2.05, 4.69) is 0 Å². The summed E-state index contributed by atoms with van der Waals surface area (Å²) in [7, 11) is 0. The first kappa shape index (κ1) is 12.8. The van der Waals surface area contributed by atoms with Gasteiger partial charge in [-0.1, -0.05) is 25.7 Å². The molecule has 0 amide bonds. The summed E-state index contributed by atoms with van der Waals surface area (Å²) in [5.74, 6) is -0.427. The van der Waals surface area contributed by atoms with E-state index in [-0.39, 0.29) is 5.38 Å². The Bertz CT molecular complexity index is 397. The van der Waals surface area contributed by atoms with Crippen LogP contribution in [0.15, 0.2) is 12.1 Å². The minimum absolute atomic E-state index is 0.336. The van der Waals surface area contributed by atoms with Crippen molar-refractivity contribution in [2.45, 2.75) is 44.4 Å². The molecule has 0 N–H and O–H groups in total. The van der Waals surface area contributed by atoms with Crippen molar-refractivity contribution in [3.8, 4) is 0 Å². The van der Waals surface area contributed by atoms with Crippen molar-refractivity contribution in [3.63, 3.8) is 0 Å². The van der Waals surface area contributed by atoms with Crippen LogP contribution in [0.25, 0.3) is 0 Å². The third-order valence-electron chi connectivity index (χ3n) is 3.63. The van der Waals surface area contributed by atoms with E-state index in [1.165, 1.54) is 31.7 Å². The fourth-order valence-electron chi connectivity index (χ4n) is 2.59. The molecule has 0 bridgehead atoms. The average molecular weight is 259 g/mol. The Labute approximate surface area is 106 Å². The Morgan fingerprint density at radius 3 is 2.53 bits per heavy atom. The van der Waals surface area contributed by atoms with Gasteiger partial charge in [-0.2, -0.15) is 0 Å². The molecule has 1 atom stereocenters. The molecule has 3 heteroatoms. The SMILES string of the molecule is Cc1cc(C(Cl)CC2CCCC2)c(F)cc1F. The number of hydrogen-bond acceptors (Lipinski definition) is 0. The molecule has 94 valence electrons. The van der Waals surface area contributed by atoms with Gasteiger partial charge >= 0.3 is 0 Å². The van der Waals surface area contributed by atoms with E-state index in [4.69, 9.17) is 11.6 Å². The zero-order valence-corrected chi connectivity index (χ0v) is 10.7. The normalized spacial score (nSPS) is 18.6. The fourth-order valence-corrected chi connectivity index (χ4v) is 3.00. The zero-order valence-electron chi connectivity index (χ0n) is 9.98. The van der Waals surface area contributed by atoms with Gasteiger partial charge in [0.2, 0.25) is 0 Å². The van der Waals surface area contributed by atoms with E-state index in [0.29, 0.717) is 17.0 Å². The second-order valence-electron chi connectivity index (χ2n) is 4.98. The first-order chi connectivity index (χ1) is 8.08. The molecule has 0 nitrogen and oxygen atoms in total. The van der Waals surface area contributed by atoms with Crippen LogP contribution in [0.2, 0.25) is 0 Å². The molecule has 1 saturated carbocycles. The van der Waals surface area contributed by atoms with Crippen molar-refractivity contribution in [2.75, 3.05) is 0 Å². The second kappa shape index (κ2) is 5.34. The highest BCUT2D eigenvalue weighted by atomic mass is 35.5. The Balaban J connectivity index is 2.12. The van der Waals surface area contributed by atoms with E-state index in [1.54, 1.807) is 6.92 Å². The number of alkyl halides is 1. The highest BCUT2D eigenvalue weighted by Gasteiger charge is 2.22. The fraction of sp³-hybridized carbons (Fsp3) is 0.571. The van der Waals surface area contributed by atoms with Gasteiger partial charge in [0.05, 0.1) is 5.38 Å². The highest BCUT2D eigenvalue weighted by Crippen LogP contribution is 2.37. The molecular weight excluding hydrogens is 242 g/mol. The van der Waals surface area contributed by atoms with Crippen LogP contribution in [0.4, 0.5) is 8.78 Å². The lowest BCUT2D eigenvalue weighted by Crippen LogP contribution is -2.03. The van der Waals surface area contributed by atoms with Crippen molar-refractivity contribution in [1.82, 2.24) is 0 Å². The monoisotopic (exact) mass is 258 g/mol. The van der Waals surface area contributed by atoms with Crippen molar-refractivity contribution in [1.29, 1.82) is 0 Å². The van der Waals surface area contributed by atoms with Crippen molar-refractivity contribution < 1.29 is 8.78 Å². The minimum Gasteiger partial charge on any atom is -0.207 e. The Kier molecular flexibility index (Phi) is 4.03. The first-order valence-corrected chi connectivity index (χ1v) is 6.61. The Morgan fingerprint density at radius 1 is 1.24 bits per heavy atom. The maximum absolute atomic E-state index is 13.6. The van der Waals surface area contributed by atoms with Gasteiger partial charge in [-0.05, 0) is 30.9 Å². The molecule has 1 unspecified atom stereocenters. The molecule has 0 spiro atoms. The third-order valence-corrected chi connectivity index (χ3v) is 4.04. The van der Waals surface area contributed by atoms with Gasteiger partial charge in [-0.3, -0.25) is 0 Å². The van der Waals surface area contributed by atoms with Crippen molar-refractivity contribution in [2.24, 2.45) is 5.92 Å². The molecule has 0 aliphatic heterocycles. The van der Waals surface area contributed by atoms with Gasteiger partial charge in [-0.25, -0.2) is 8.78 Å². The minimum atomic E-state index is -0.522. The molecule has 1 aliphatic rings. The maximum Gasteiger partial charge on any atom is 0.130 e. The molecule has 1 aliphatic carbocycles. The molecule has 17 heavy (non-hydrogen) atoms. The Hall–Kier alpha value is -0.630. The van der Waals surface area contributed by atoms with Crippen LogP contribution in [0.1, 0.15) is 48.6 Å². The summed E-state index contributed by atoms with van der Waals surface area (Å²) in [5, 5.41) is -0.336. The molecule has 0 saturated heterocycles.